The van der Waals surface area contributed by atoms with Crippen LogP contribution in [0.15, 0.2) is 36.4 Å². The number of hydrogen-bond donors (Lipinski definition) is 1. The predicted molar refractivity (Wildman–Crippen MR) is 73.0 cm³/mol. The number of benzene rings is 2. The molecule has 4 heteroatoms. The van der Waals surface area contributed by atoms with Crippen molar-refractivity contribution in [2.24, 2.45) is 0 Å². The lowest BCUT2D eigenvalue weighted by molar-refractivity contribution is 0.486. The molecule has 0 aliphatic heterocycles. The second-order valence-corrected chi connectivity index (χ2v) is 4.76. The minimum atomic E-state index is -0.854. The fourth-order valence-electron chi connectivity index (χ4n) is 2.32. The zero-order chi connectivity index (χ0) is 14.7. The van der Waals surface area contributed by atoms with Crippen molar-refractivity contribution < 1.29 is 13.2 Å². The quantitative estimate of drug-likeness (QED) is 0.894. The van der Waals surface area contributed by atoms with Crippen LogP contribution < -0.4 is 5.32 Å². The van der Waals surface area contributed by atoms with Crippen molar-refractivity contribution in [1.29, 1.82) is 0 Å². The van der Waals surface area contributed by atoms with Gasteiger partial charge in [-0.05, 0) is 55.3 Å². The van der Waals surface area contributed by atoms with Crippen molar-refractivity contribution in [1.82, 2.24) is 5.32 Å². The van der Waals surface area contributed by atoms with Crippen LogP contribution in [0.3, 0.4) is 0 Å². The van der Waals surface area contributed by atoms with E-state index in [0.29, 0.717) is 12.0 Å². The highest BCUT2D eigenvalue weighted by Gasteiger charge is 2.16. The zero-order valence-electron chi connectivity index (χ0n) is 11.4. The Hall–Kier alpha value is -1.81. The van der Waals surface area contributed by atoms with E-state index in [-0.39, 0.29) is 11.9 Å². The molecule has 0 heterocycles. The van der Waals surface area contributed by atoms with Crippen molar-refractivity contribution >= 4 is 0 Å². The summed E-state index contributed by atoms with van der Waals surface area (Å²) >= 11 is 0. The maximum absolute atomic E-state index is 13.7. The highest BCUT2D eigenvalue weighted by Crippen LogP contribution is 2.24. The molecule has 0 amide bonds. The molecule has 0 radical (unpaired) electrons. The largest absolute Gasteiger partial charge is 0.313 e. The van der Waals surface area contributed by atoms with Gasteiger partial charge in [0.2, 0.25) is 0 Å². The van der Waals surface area contributed by atoms with Gasteiger partial charge in [0, 0.05) is 6.04 Å². The van der Waals surface area contributed by atoms with E-state index < -0.39 is 11.6 Å². The summed E-state index contributed by atoms with van der Waals surface area (Å²) in [6.07, 6.45) is 0.298. The summed E-state index contributed by atoms with van der Waals surface area (Å²) < 4.78 is 40.1. The molecule has 2 aromatic rings. The Labute approximate surface area is 116 Å². The summed E-state index contributed by atoms with van der Waals surface area (Å²) in [6.45, 7) is 1.80. The molecule has 106 valence electrons. The molecular weight excluding hydrogens is 263 g/mol. The molecule has 2 aromatic carbocycles. The van der Waals surface area contributed by atoms with E-state index in [9.17, 15) is 13.2 Å². The van der Waals surface area contributed by atoms with Crippen molar-refractivity contribution in [2.45, 2.75) is 19.4 Å². The predicted octanol–water partition coefficient (Wildman–Crippen LogP) is 3.92. The maximum atomic E-state index is 13.7. The van der Waals surface area contributed by atoms with E-state index >= 15 is 0 Å². The van der Waals surface area contributed by atoms with Gasteiger partial charge in [0.15, 0.2) is 11.6 Å². The molecule has 2 rings (SSSR count). The van der Waals surface area contributed by atoms with E-state index in [2.05, 4.69) is 5.32 Å². The monoisotopic (exact) mass is 279 g/mol. The van der Waals surface area contributed by atoms with Gasteiger partial charge in [-0.1, -0.05) is 18.2 Å². The Morgan fingerprint density at radius 3 is 2.50 bits per heavy atom. The molecule has 0 fully saturated rings. The highest BCUT2D eigenvalue weighted by molar-refractivity contribution is 5.31. The van der Waals surface area contributed by atoms with Crippen LogP contribution in [0, 0.1) is 24.4 Å². The molecule has 1 nitrogen and oxygen atoms in total. The van der Waals surface area contributed by atoms with Crippen LogP contribution in [0.2, 0.25) is 0 Å². The first kappa shape index (κ1) is 14.6. The second-order valence-electron chi connectivity index (χ2n) is 4.76. The summed E-state index contributed by atoms with van der Waals surface area (Å²) in [7, 11) is 1.74. The number of halogens is 3. The normalized spacial score (nSPS) is 12.4. The highest BCUT2D eigenvalue weighted by atomic mass is 19.2. The van der Waals surface area contributed by atoms with Gasteiger partial charge in [-0.15, -0.1) is 0 Å². The van der Waals surface area contributed by atoms with E-state index in [0.717, 1.165) is 17.2 Å². The third-order valence-electron chi connectivity index (χ3n) is 3.41. The summed E-state index contributed by atoms with van der Waals surface area (Å²) in [5.41, 5.74) is 1.95. The first-order valence-electron chi connectivity index (χ1n) is 6.39. The molecule has 0 bridgehead atoms. The second kappa shape index (κ2) is 6.09. The van der Waals surface area contributed by atoms with Gasteiger partial charge in [-0.2, -0.15) is 0 Å². The van der Waals surface area contributed by atoms with Crippen LogP contribution in [0.25, 0.3) is 0 Å². The molecule has 1 atom stereocenters. The average Bonchev–Trinajstić information content (AvgIpc) is 2.41. The number of rotatable bonds is 4. The first-order chi connectivity index (χ1) is 9.52. The molecule has 0 aromatic heterocycles. The van der Waals surface area contributed by atoms with Crippen molar-refractivity contribution in [3.05, 3.63) is 70.5 Å². The Balaban J connectivity index is 2.31. The molecule has 1 unspecified atom stereocenters. The summed E-state index contributed by atoms with van der Waals surface area (Å²) in [5, 5.41) is 3.06. The molecule has 0 aliphatic carbocycles. The van der Waals surface area contributed by atoms with Gasteiger partial charge in [-0.25, -0.2) is 13.2 Å². The number of hydrogen-bond acceptors (Lipinski definition) is 1. The minimum absolute atomic E-state index is 0.202. The summed E-state index contributed by atoms with van der Waals surface area (Å²) in [6, 6.07) is 8.40. The van der Waals surface area contributed by atoms with Gasteiger partial charge in [-0.3, -0.25) is 0 Å². The zero-order valence-corrected chi connectivity index (χ0v) is 11.4. The van der Waals surface area contributed by atoms with E-state index in [4.69, 9.17) is 0 Å². The van der Waals surface area contributed by atoms with Gasteiger partial charge < -0.3 is 5.32 Å². The molecule has 1 N–H and O–H groups in total. The first-order valence-corrected chi connectivity index (χ1v) is 6.39. The third kappa shape index (κ3) is 3.02. The van der Waals surface area contributed by atoms with Gasteiger partial charge in [0.05, 0.1) is 0 Å². The molecule has 0 saturated carbocycles. The van der Waals surface area contributed by atoms with Crippen LogP contribution in [0.4, 0.5) is 13.2 Å². The van der Waals surface area contributed by atoms with Crippen LogP contribution in [-0.4, -0.2) is 7.05 Å². The van der Waals surface area contributed by atoms with Crippen molar-refractivity contribution in [3.8, 4) is 0 Å². The Morgan fingerprint density at radius 2 is 1.85 bits per heavy atom. The standard InChI is InChI=1S/C16H16F3N/c1-10-8-12(17)6-7-13(10)15(20-2)9-11-4-3-5-14(18)16(11)19/h3-8,15,20H,9H2,1-2H3. The smallest absolute Gasteiger partial charge is 0.162 e. The fourth-order valence-corrected chi connectivity index (χ4v) is 2.32. The van der Waals surface area contributed by atoms with Crippen molar-refractivity contribution in [3.63, 3.8) is 0 Å². The lowest BCUT2D eigenvalue weighted by atomic mass is 9.95. The van der Waals surface area contributed by atoms with E-state index in [1.165, 1.54) is 18.2 Å². The molecule has 20 heavy (non-hydrogen) atoms. The van der Waals surface area contributed by atoms with Crippen LogP contribution in [0.1, 0.15) is 22.7 Å². The number of aryl methyl sites for hydroxylation is 1. The summed E-state index contributed by atoms with van der Waals surface area (Å²) in [4.78, 5) is 0. The molecule has 0 aliphatic rings. The van der Waals surface area contributed by atoms with Crippen LogP contribution in [-0.2, 0) is 6.42 Å². The average molecular weight is 279 g/mol. The Kier molecular flexibility index (Phi) is 4.45. The lowest BCUT2D eigenvalue weighted by Crippen LogP contribution is -2.20. The van der Waals surface area contributed by atoms with Gasteiger partial charge >= 0.3 is 0 Å². The number of likely N-dealkylation sites (N-methyl/N-ethyl adjacent to an activating group) is 1. The molecule has 0 spiro atoms. The Bertz CT molecular complexity index is 611. The fraction of sp³-hybridized carbons (Fsp3) is 0.250. The molecular formula is C16H16F3N. The van der Waals surface area contributed by atoms with Gasteiger partial charge in [0.1, 0.15) is 5.82 Å². The van der Waals surface area contributed by atoms with Crippen molar-refractivity contribution in [2.75, 3.05) is 7.05 Å². The topological polar surface area (TPSA) is 12.0 Å². The summed E-state index contributed by atoms with van der Waals surface area (Å²) in [5.74, 6) is -1.99. The van der Waals surface area contributed by atoms with Crippen LogP contribution >= 0.6 is 0 Å². The van der Waals surface area contributed by atoms with Gasteiger partial charge in [0.25, 0.3) is 0 Å². The van der Waals surface area contributed by atoms with E-state index in [1.807, 2.05) is 0 Å². The van der Waals surface area contributed by atoms with Crippen LogP contribution in [0.5, 0.6) is 0 Å². The SMILES string of the molecule is CNC(Cc1cccc(F)c1F)c1ccc(F)cc1C. The maximum Gasteiger partial charge on any atom is 0.162 e. The number of nitrogens with one attached hydrogen (secondary N) is 1. The lowest BCUT2D eigenvalue weighted by Gasteiger charge is -2.19. The minimum Gasteiger partial charge on any atom is -0.313 e. The third-order valence-corrected chi connectivity index (χ3v) is 3.41. The van der Waals surface area contributed by atoms with E-state index in [1.54, 1.807) is 26.1 Å². The Morgan fingerprint density at radius 1 is 1.10 bits per heavy atom. The molecule has 0 saturated heterocycles.